The zero-order chi connectivity index (χ0) is 27.8. The van der Waals surface area contributed by atoms with Crippen LogP contribution in [0.1, 0.15) is 68.1 Å². The molecule has 0 saturated carbocycles. The van der Waals surface area contributed by atoms with E-state index in [9.17, 15) is 14.4 Å². The maximum Gasteiger partial charge on any atom is 0.262 e. The van der Waals surface area contributed by atoms with Crippen molar-refractivity contribution in [3.63, 3.8) is 0 Å². The molecule has 1 aliphatic heterocycles. The van der Waals surface area contributed by atoms with Crippen LogP contribution in [0.5, 0.6) is 5.75 Å². The molecule has 1 amide bonds. The Labute approximate surface area is 246 Å². The number of amides is 1. The SMILES string of the molecule is CCN1C2=C(C(=O)CCC2)C(c2cc(Br)c(OCC(=O)Nc3ccc(C)cc3C)c(Br)c2)C2=C1CCCC2=O. The lowest BCUT2D eigenvalue weighted by Gasteiger charge is -2.43. The zero-order valence-corrected chi connectivity index (χ0v) is 25.6. The summed E-state index contributed by atoms with van der Waals surface area (Å²) in [5.41, 5.74) is 7.40. The number of nitrogens with zero attached hydrogens (tertiary/aromatic N) is 1. The standard InChI is InChI=1S/C31H32Br2N2O4/c1-4-35-23-7-5-9-25(36)29(23)28(30-24(35)8-6-10-26(30)37)19-14-20(32)31(21(33)15-19)39-16-27(38)34-22-12-11-17(2)13-18(22)3/h11-15,28H,4-10,16H2,1-3H3,(H,34,38). The molecule has 0 bridgehead atoms. The fraction of sp³-hybridized carbons (Fsp3) is 0.387. The van der Waals surface area contributed by atoms with E-state index >= 15 is 0 Å². The molecule has 0 fully saturated rings. The highest BCUT2D eigenvalue weighted by atomic mass is 79.9. The summed E-state index contributed by atoms with van der Waals surface area (Å²) in [6.07, 6.45) is 4.36. The van der Waals surface area contributed by atoms with Crippen LogP contribution in [0.25, 0.3) is 0 Å². The first-order chi connectivity index (χ1) is 18.7. The van der Waals surface area contributed by atoms with Gasteiger partial charge in [0, 0.05) is 53.5 Å². The van der Waals surface area contributed by atoms with E-state index in [0.717, 1.165) is 77.1 Å². The smallest absolute Gasteiger partial charge is 0.262 e. The van der Waals surface area contributed by atoms with Crippen LogP contribution in [0, 0.1) is 13.8 Å². The van der Waals surface area contributed by atoms with Crippen LogP contribution < -0.4 is 10.1 Å². The molecule has 6 nitrogen and oxygen atoms in total. The first-order valence-electron chi connectivity index (χ1n) is 13.5. The molecule has 0 radical (unpaired) electrons. The number of Topliss-reactive ketones (excluding diaryl/α,β-unsaturated/α-hetero) is 2. The van der Waals surface area contributed by atoms with Gasteiger partial charge in [0.2, 0.25) is 0 Å². The van der Waals surface area contributed by atoms with E-state index in [1.165, 1.54) is 0 Å². The lowest BCUT2D eigenvalue weighted by molar-refractivity contribution is -0.118. The summed E-state index contributed by atoms with van der Waals surface area (Å²) in [4.78, 5) is 41.6. The number of allylic oxidation sites excluding steroid dienone is 4. The number of benzene rings is 2. The van der Waals surface area contributed by atoms with Gasteiger partial charge in [0.1, 0.15) is 5.75 Å². The van der Waals surface area contributed by atoms with Crippen molar-refractivity contribution in [3.8, 4) is 5.75 Å². The molecular weight excluding hydrogens is 624 g/mol. The highest BCUT2D eigenvalue weighted by Crippen LogP contribution is 2.50. The molecule has 0 spiro atoms. The Morgan fingerprint density at radius 1 is 0.949 bits per heavy atom. The normalized spacial score (nSPS) is 17.8. The van der Waals surface area contributed by atoms with Crippen LogP contribution in [0.2, 0.25) is 0 Å². The average Bonchev–Trinajstić information content (AvgIpc) is 2.89. The third kappa shape index (κ3) is 5.38. The number of hydrogen-bond acceptors (Lipinski definition) is 5. The predicted octanol–water partition coefficient (Wildman–Crippen LogP) is 7.28. The lowest BCUT2D eigenvalue weighted by Crippen LogP contribution is -2.39. The number of halogens is 2. The fourth-order valence-corrected chi connectivity index (χ4v) is 7.54. The van der Waals surface area contributed by atoms with E-state index in [0.29, 0.717) is 27.5 Å². The van der Waals surface area contributed by atoms with E-state index in [2.05, 4.69) is 49.0 Å². The highest BCUT2D eigenvalue weighted by molar-refractivity contribution is 9.11. The van der Waals surface area contributed by atoms with E-state index in [1.807, 2.05) is 44.2 Å². The molecule has 0 aromatic heterocycles. The molecule has 5 rings (SSSR count). The summed E-state index contributed by atoms with van der Waals surface area (Å²) in [5.74, 6) is 0.0872. The minimum Gasteiger partial charge on any atom is -0.481 e. The molecule has 39 heavy (non-hydrogen) atoms. The number of ketones is 2. The van der Waals surface area contributed by atoms with E-state index < -0.39 is 5.92 Å². The van der Waals surface area contributed by atoms with Crippen molar-refractivity contribution in [2.24, 2.45) is 0 Å². The summed E-state index contributed by atoms with van der Waals surface area (Å²) in [6, 6.07) is 9.71. The van der Waals surface area contributed by atoms with E-state index in [1.54, 1.807) is 0 Å². The summed E-state index contributed by atoms with van der Waals surface area (Å²) in [7, 11) is 0. The maximum atomic E-state index is 13.4. The highest BCUT2D eigenvalue weighted by Gasteiger charge is 2.43. The topological polar surface area (TPSA) is 75.7 Å². The van der Waals surface area contributed by atoms with Crippen molar-refractivity contribution >= 4 is 55.0 Å². The molecule has 204 valence electrons. The Morgan fingerprint density at radius 2 is 1.54 bits per heavy atom. The fourth-order valence-electron chi connectivity index (χ4n) is 6.09. The van der Waals surface area contributed by atoms with Gasteiger partial charge in [0.15, 0.2) is 18.2 Å². The van der Waals surface area contributed by atoms with Gasteiger partial charge in [-0.1, -0.05) is 17.7 Å². The zero-order valence-electron chi connectivity index (χ0n) is 22.5. The van der Waals surface area contributed by atoms with Gasteiger partial charge in [-0.25, -0.2) is 0 Å². The molecule has 8 heteroatoms. The van der Waals surface area contributed by atoms with Gasteiger partial charge in [-0.15, -0.1) is 0 Å². The molecular formula is C31H32Br2N2O4. The molecule has 1 N–H and O–H groups in total. The van der Waals surface area contributed by atoms with Crippen LogP contribution >= 0.6 is 31.9 Å². The number of rotatable bonds is 6. The number of anilines is 1. The minimum atomic E-state index is -0.395. The number of hydrogen-bond donors (Lipinski definition) is 1. The Balaban J connectivity index is 1.45. The van der Waals surface area contributed by atoms with Crippen LogP contribution in [-0.2, 0) is 14.4 Å². The molecule has 0 saturated heterocycles. The van der Waals surface area contributed by atoms with Crippen molar-refractivity contribution < 1.29 is 19.1 Å². The van der Waals surface area contributed by atoms with Crippen molar-refractivity contribution in [3.05, 3.63) is 78.5 Å². The van der Waals surface area contributed by atoms with Gasteiger partial charge in [0.25, 0.3) is 5.91 Å². The van der Waals surface area contributed by atoms with Crippen molar-refractivity contribution in [2.75, 3.05) is 18.5 Å². The number of carbonyl (C=O) groups is 3. The molecule has 3 aliphatic rings. The van der Waals surface area contributed by atoms with E-state index in [-0.39, 0.29) is 24.1 Å². The number of aryl methyl sites for hydroxylation is 2. The van der Waals surface area contributed by atoms with Gasteiger partial charge >= 0.3 is 0 Å². The summed E-state index contributed by atoms with van der Waals surface area (Å²) in [6.45, 7) is 6.63. The molecule has 2 aromatic rings. The number of nitrogens with one attached hydrogen (secondary N) is 1. The van der Waals surface area contributed by atoms with Gasteiger partial charge in [-0.05, 0) is 108 Å². The van der Waals surface area contributed by atoms with E-state index in [4.69, 9.17) is 4.74 Å². The van der Waals surface area contributed by atoms with Crippen molar-refractivity contribution in [1.82, 2.24) is 4.90 Å². The first-order valence-corrected chi connectivity index (χ1v) is 15.1. The van der Waals surface area contributed by atoms with Gasteiger partial charge in [0.05, 0.1) is 8.95 Å². The second kappa shape index (κ2) is 11.4. The molecule has 2 aliphatic carbocycles. The molecule has 1 heterocycles. The minimum absolute atomic E-state index is 0.125. The Kier molecular flexibility index (Phi) is 8.15. The third-order valence-corrected chi connectivity index (χ3v) is 8.94. The van der Waals surface area contributed by atoms with Crippen LogP contribution in [-0.4, -0.2) is 35.5 Å². The summed E-state index contributed by atoms with van der Waals surface area (Å²) in [5, 5.41) is 2.90. The Bertz CT molecular complexity index is 1380. The largest absolute Gasteiger partial charge is 0.481 e. The Hall–Kier alpha value is -2.71. The quantitative estimate of drug-likeness (QED) is 0.354. The van der Waals surface area contributed by atoms with Crippen LogP contribution in [0.15, 0.2) is 61.8 Å². The van der Waals surface area contributed by atoms with Gasteiger partial charge in [-0.2, -0.15) is 0 Å². The van der Waals surface area contributed by atoms with Crippen LogP contribution in [0.4, 0.5) is 5.69 Å². The third-order valence-electron chi connectivity index (χ3n) is 7.76. The molecule has 2 aromatic carbocycles. The van der Waals surface area contributed by atoms with Gasteiger partial charge in [-0.3, -0.25) is 14.4 Å². The summed E-state index contributed by atoms with van der Waals surface area (Å²) >= 11 is 7.27. The predicted molar refractivity (Wildman–Crippen MR) is 159 cm³/mol. The molecule has 0 unspecified atom stereocenters. The average molecular weight is 656 g/mol. The monoisotopic (exact) mass is 654 g/mol. The first kappa shape index (κ1) is 27.8. The van der Waals surface area contributed by atoms with Crippen LogP contribution in [0.3, 0.4) is 0 Å². The van der Waals surface area contributed by atoms with Crippen molar-refractivity contribution in [1.29, 1.82) is 0 Å². The second-order valence-corrected chi connectivity index (χ2v) is 12.1. The summed E-state index contributed by atoms with van der Waals surface area (Å²) < 4.78 is 7.23. The van der Waals surface area contributed by atoms with Crippen molar-refractivity contribution in [2.45, 2.75) is 65.2 Å². The maximum absolute atomic E-state index is 13.4. The second-order valence-electron chi connectivity index (χ2n) is 10.4. The molecule has 0 atom stereocenters. The Morgan fingerprint density at radius 3 is 2.08 bits per heavy atom. The van der Waals surface area contributed by atoms with Gasteiger partial charge < -0.3 is 15.0 Å². The number of ether oxygens (including phenoxy) is 1. The lowest BCUT2D eigenvalue weighted by atomic mass is 9.71. The number of carbonyl (C=O) groups excluding carboxylic acids is 3.